The lowest BCUT2D eigenvalue weighted by Crippen LogP contribution is -2.25. The van der Waals surface area contributed by atoms with E-state index in [9.17, 15) is 0 Å². The van der Waals surface area contributed by atoms with Crippen molar-refractivity contribution in [1.29, 1.82) is 0 Å². The van der Waals surface area contributed by atoms with Crippen LogP contribution in [0, 0.1) is 0 Å². The van der Waals surface area contributed by atoms with E-state index in [4.69, 9.17) is 0 Å². The maximum absolute atomic E-state index is 3.99. The van der Waals surface area contributed by atoms with E-state index in [1.54, 1.807) is 0 Å². The Hall–Kier alpha value is -2.49. The van der Waals surface area contributed by atoms with Gasteiger partial charge in [-0.25, -0.2) is 0 Å². The van der Waals surface area contributed by atoms with Crippen LogP contribution >= 0.6 is 0 Å². The normalized spacial score (nSPS) is 15.2. The summed E-state index contributed by atoms with van der Waals surface area (Å²) in [6.45, 7) is 14.4. The number of likely N-dealkylation sites (N-methyl/N-ethyl adjacent to an activating group) is 2. The Morgan fingerprint density at radius 1 is 0.611 bits per heavy atom. The molecule has 3 aromatic heterocycles. The second kappa shape index (κ2) is 19.7. The topological polar surface area (TPSA) is 105 Å². The first-order valence-corrected chi connectivity index (χ1v) is 12.3. The van der Waals surface area contributed by atoms with Crippen molar-refractivity contribution in [2.24, 2.45) is 0 Å². The summed E-state index contributed by atoms with van der Waals surface area (Å²) >= 11 is 0. The molecule has 36 heavy (non-hydrogen) atoms. The van der Waals surface area contributed by atoms with Gasteiger partial charge in [0.25, 0.3) is 0 Å². The Morgan fingerprint density at radius 2 is 1.00 bits per heavy atom. The zero-order valence-corrected chi connectivity index (χ0v) is 21.3. The van der Waals surface area contributed by atoms with Gasteiger partial charge in [0.1, 0.15) is 0 Å². The van der Waals surface area contributed by atoms with Crippen LogP contribution in [0.1, 0.15) is 83.7 Å². The average Bonchev–Trinajstić information content (AvgIpc) is 3.62. The van der Waals surface area contributed by atoms with Crippen LogP contribution in [-0.2, 0) is 38.9 Å². The minimum absolute atomic E-state index is 0. The van der Waals surface area contributed by atoms with E-state index in [2.05, 4.69) is 59.8 Å². The monoisotopic (exact) mass is 505 g/mol. The van der Waals surface area contributed by atoms with E-state index in [1.165, 1.54) is 33.8 Å². The molecule has 3 aliphatic heterocycles. The lowest BCUT2D eigenvalue weighted by molar-refractivity contribution is 0.311. The van der Waals surface area contributed by atoms with Crippen molar-refractivity contribution in [3.8, 4) is 0 Å². The Labute approximate surface area is 220 Å². The third-order valence-electron chi connectivity index (χ3n) is 5.66. The number of aromatic amines is 3. The number of rotatable bonds is 0. The largest absolute Gasteiger partial charge is 0.312 e. The molecule has 0 bridgehead atoms. The minimum Gasteiger partial charge on any atom is -0.312 e. The molecule has 9 nitrogen and oxygen atoms in total. The minimum atomic E-state index is 0. The van der Waals surface area contributed by atoms with E-state index in [-0.39, 0.29) is 22.3 Å². The van der Waals surface area contributed by atoms with Gasteiger partial charge >= 0.3 is 0 Å². The summed E-state index contributed by atoms with van der Waals surface area (Å²) in [4.78, 5) is 4.61. The second-order valence-electron chi connectivity index (χ2n) is 8.02. The fraction of sp³-hybridized carbons (Fsp3) is 0.667. The number of nitrogens with one attached hydrogen (secondary N) is 4. The van der Waals surface area contributed by atoms with Crippen molar-refractivity contribution in [3.05, 3.63) is 52.4 Å². The molecule has 3 aliphatic rings. The predicted molar refractivity (Wildman–Crippen MR) is 154 cm³/mol. The molecular weight excluding hydrogens is 450 g/mol. The Morgan fingerprint density at radius 3 is 1.42 bits per heavy atom. The Balaban J connectivity index is 0. The molecule has 6 rings (SSSR count). The molecule has 0 saturated carbocycles. The van der Waals surface area contributed by atoms with Crippen LogP contribution in [0.4, 0.5) is 0 Å². The standard InChI is InChI=1S/2C7H11N3.C6H9N3.2C2H6.3CH4/c2*1-10-3-2-7-6(5-10)4-8-9-7;1-2-7-3-5-4-8-9-6(1)5;2*1-2;;;/h2*4H,2-3,5H2,1H3,(H,8,9);4,7H,1-3H2,(H,8,9);2*1-2H3;3*1H4. The van der Waals surface area contributed by atoms with Crippen LogP contribution in [0.5, 0.6) is 0 Å². The smallest absolute Gasteiger partial charge is 0.0535 e. The van der Waals surface area contributed by atoms with Gasteiger partial charge in [-0.05, 0) is 14.1 Å². The summed E-state index contributed by atoms with van der Waals surface area (Å²) in [5.41, 5.74) is 7.97. The molecule has 208 valence electrons. The summed E-state index contributed by atoms with van der Waals surface area (Å²) in [6.07, 6.45) is 9.06. The van der Waals surface area contributed by atoms with Gasteiger partial charge in [0, 0.05) is 92.3 Å². The summed E-state index contributed by atoms with van der Waals surface area (Å²) in [5.74, 6) is 0. The van der Waals surface area contributed by atoms with Crippen LogP contribution in [0.3, 0.4) is 0 Å². The zero-order valence-electron chi connectivity index (χ0n) is 21.3. The number of hydrogen-bond donors (Lipinski definition) is 4. The molecular formula is C27H55N9. The molecule has 0 aliphatic carbocycles. The Kier molecular flexibility index (Phi) is 19.5. The third kappa shape index (κ3) is 10.6. The fourth-order valence-corrected chi connectivity index (χ4v) is 3.87. The zero-order chi connectivity index (χ0) is 24.1. The molecule has 0 radical (unpaired) electrons. The lowest BCUT2D eigenvalue weighted by atomic mass is 10.1. The Bertz CT molecular complexity index is 826. The molecule has 0 saturated heterocycles. The van der Waals surface area contributed by atoms with Gasteiger partial charge in [-0.15, -0.1) is 0 Å². The van der Waals surface area contributed by atoms with Gasteiger partial charge in [-0.1, -0.05) is 50.0 Å². The molecule has 0 amide bonds. The molecule has 0 atom stereocenters. The summed E-state index contributed by atoms with van der Waals surface area (Å²) in [7, 11) is 4.27. The SMILES string of the molecule is C.C.C.CC.CC.CN1CCc2[nH]ncc2C1.CN1CCc2[nH]ncc2C1.c1n[nH]c2c1CNCC2. The van der Waals surface area contributed by atoms with Gasteiger partial charge in [0.15, 0.2) is 0 Å². The van der Waals surface area contributed by atoms with Crippen molar-refractivity contribution < 1.29 is 0 Å². The van der Waals surface area contributed by atoms with E-state index in [0.29, 0.717) is 0 Å². The average molecular weight is 506 g/mol. The summed E-state index contributed by atoms with van der Waals surface area (Å²) in [5, 5.41) is 24.1. The van der Waals surface area contributed by atoms with E-state index < -0.39 is 0 Å². The predicted octanol–water partition coefficient (Wildman–Crippen LogP) is 4.81. The van der Waals surface area contributed by atoms with Crippen LogP contribution in [0.2, 0.25) is 0 Å². The van der Waals surface area contributed by atoms with Crippen LogP contribution in [-0.4, -0.2) is 74.1 Å². The molecule has 0 fully saturated rings. The maximum Gasteiger partial charge on any atom is 0.0535 e. The highest BCUT2D eigenvalue weighted by Gasteiger charge is 2.14. The van der Waals surface area contributed by atoms with Gasteiger partial charge in [0.05, 0.1) is 18.6 Å². The van der Waals surface area contributed by atoms with Gasteiger partial charge in [-0.2, -0.15) is 15.3 Å². The number of nitrogens with zero attached hydrogens (tertiary/aromatic N) is 5. The lowest BCUT2D eigenvalue weighted by Gasteiger charge is -2.20. The molecule has 0 spiro atoms. The number of H-pyrrole nitrogens is 3. The van der Waals surface area contributed by atoms with Gasteiger partial charge in [0.2, 0.25) is 0 Å². The first kappa shape index (κ1) is 35.7. The molecule has 0 unspecified atom stereocenters. The molecule has 3 aromatic rings. The van der Waals surface area contributed by atoms with Crippen molar-refractivity contribution in [1.82, 2.24) is 45.7 Å². The number of fused-ring (bicyclic) bond motifs is 3. The highest BCUT2D eigenvalue weighted by molar-refractivity contribution is 5.19. The van der Waals surface area contributed by atoms with Crippen molar-refractivity contribution >= 4 is 0 Å². The first-order chi connectivity index (χ1) is 16.2. The van der Waals surface area contributed by atoms with Crippen molar-refractivity contribution in [3.63, 3.8) is 0 Å². The number of hydrogen-bond acceptors (Lipinski definition) is 6. The van der Waals surface area contributed by atoms with Gasteiger partial charge < -0.3 is 15.1 Å². The van der Waals surface area contributed by atoms with Crippen molar-refractivity contribution in [2.75, 3.05) is 33.7 Å². The van der Waals surface area contributed by atoms with Crippen LogP contribution < -0.4 is 5.32 Å². The highest BCUT2D eigenvalue weighted by atomic mass is 15.2. The van der Waals surface area contributed by atoms with E-state index >= 15 is 0 Å². The van der Waals surface area contributed by atoms with Crippen molar-refractivity contribution in [2.45, 2.75) is 88.9 Å². The molecule has 4 N–H and O–H groups in total. The van der Waals surface area contributed by atoms with Crippen LogP contribution in [0.15, 0.2) is 18.6 Å². The molecule has 9 heteroatoms. The number of aromatic nitrogens is 6. The summed E-state index contributed by atoms with van der Waals surface area (Å²) in [6, 6.07) is 0. The molecule has 0 aromatic carbocycles. The first-order valence-electron chi connectivity index (χ1n) is 12.3. The third-order valence-corrected chi connectivity index (χ3v) is 5.66. The van der Waals surface area contributed by atoms with Crippen LogP contribution in [0.25, 0.3) is 0 Å². The molecule has 6 heterocycles. The van der Waals surface area contributed by atoms with Gasteiger partial charge in [-0.3, -0.25) is 15.3 Å². The second-order valence-corrected chi connectivity index (χ2v) is 8.02. The fourth-order valence-electron chi connectivity index (χ4n) is 3.87. The maximum atomic E-state index is 3.99. The van der Waals surface area contributed by atoms with E-state index in [0.717, 1.165) is 58.5 Å². The highest BCUT2D eigenvalue weighted by Crippen LogP contribution is 2.14. The van der Waals surface area contributed by atoms with E-state index in [1.807, 2.05) is 46.3 Å². The quantitative estimate of drug-likeness (QED) is 0.349. The summed E-state index contributed by atoms with van der Waals surface area (Å²) < 4.78 is 0.